The van der Waals surface area contributed by atoms with Gasteiger partial charge in [-0.15, -0.1) is 10.2 Å². The van der Waals surface area contributed by atoms with Crippen LogP contribution >= 0.6 is 11.9 Å². The van der Waals surface area contributed by atoms with E-state index in [2.05, 4.69) is 20.2 Å². The fraction of sp³-hybridized carbons (Fsp3) is 0.0909. The van der Waals surface area contributed by atoms with E-state index in [0.717, 1.165) is 28.3 Å². The second-order valence-corrected chi connectivity index (χ2v) is 7.41. The van der Waals surface area contributed by atoms with Gasteiger partial charge < -0.3 is 9.47 Å². The Labute approximate surface area is 187 Å². The van der Waals surface area contributed by atoms with Crippen LogP contribution in [-0.2, 0) is 0 Å². The Morgan fingerprint density at radius 1 is 0.906 bits per heavy atom. The molecule has 1 aromatic heterocycles. The lowest BCUT2D eigenvalue weighted by molar-refractivity contribution is 0.0962. The largest absolute Gasteiger partial charge is 0.497 e. The molecule has 10 heteroatoms. The molecule has 0 aliphatic heterocycles. The van der Waals surface area contributed by atoms with E-state index in [1.54, 1.807) is 37.4 Å². The van der Waals surface area contributed by atoms with Gasteiger partial charge in [0.1, 0.15) is 22.5 Å². The molecule has 0 bridgehead atoms. The van der Waals surface area contributed by atoms with Gasteiger partial charge in [-0.3, -0.25) is 14.8 Å². The number of imide groups is 1. The minimum absolute atomic E-state index is 0.270. The maximum atomic E-state index is 12.3. The molecular formula is C22H19N5O4S. The third kappa shape index (κ3) is 4.65. The number of carbonyl (C=O) groups excluding carboxylic acids is 2. The van der Waals surface area contributed by atoms with Crippen LogP contribution in [0.1, 0.15) is 10.4 Å². The molecule has 0 atom stereocenters. The van der Waals surface area contributed by atoms with Crippen molar-refractivity contribution in [2.24, 2.45) is 0 Å². The van der Waals surface area contributed by atoms with Crippen molar-refractivity contribution < 1.29 is 19.1 Å². The van der Waals surface area contributed by atoms with Crippen LogP contribution in [0.5, 0.6) is 11.5 Å². The number of carbonyl (C=O) groups is 2. The van der Waals surface area contributed by atoms with Crippen LogP contribution < -0.4 is 19.5 Å². The maximum absolute atomic E-state index is 12.3. The molecule has 0 fully saturated rings. The van der Waals surface area contributed by atoms with Crippen LogP contribution in [0.25, 0.3) is 16.7 Å². The number of benzene rings is 3. The Hall–Kier alpha value is -4.05. The summed E-state index contributed by atoms with van der Waals surface area (Å²) in [4.78, 5) is 26.7. The van der Waals surface area contributed by atoms with Gasteiger partial charge in [0.25, 0.3) is 5.91 Å². The molecule has 0 saturated carbocycles. The van der Waals surface area contributed by atoms with E-state index < -0.39 is 11.9 Å². The Balaban J connectivity index is 1.40. The first-order valence-electron chi connectivity index (χ1n) is 9.50. The number of urea groups is 1. The number of ether oxygens (including phenoxy) is 2. The SMILES string of the molecule is COc1ccc(-n2nc3ccc(SNC(=O)NC(=O)c4ccccc4OC)cc3n2)cc1. The summed E-state index contributed by atoms with van der Waals surface area (Å²) < 4.78 is 12.9. The van der Waals surface area contributed by atoms with Crippen molar-refractivity contribution in [3.8, 4) is 17.2 Å². The molecule has 1 heterocycles. The molecule has 0 aliphatic carbocycles. The van der Waals surface area contributed by atoms with E-state index in [-0.39, 0.29) is 5.56 Å². The van der Waals surface area contributed by atoms with Crippen LogP contribution in [0.3, 0.4) is 0 Å². The van der Waals surface area contributed by atoms with Gasteiger partial charge in [-0.05, 0) is 66.5 Å². The van der Waals surface area contributed by atoms with Crippen LogP contribution in [0.2, 0.25) is 0 Å². The van der Waals surface area contributed by atoms with Crippen molar-refractivity contribution >= 4 is 34.9 Å². The number of amides is 3. The zero-order chi connectivity index (χ0) is 22.5. The summed E-state index contributed by atoms with van der Waals surface area (Å²) in [5, 5.41) is 11.2. The molecule has 2 N–H and O–H groups in total. The van der Waals surface area contributed by atoms with Crippen molar-refractivity contribution in [2.45, 2.75) is 4.90 Å². The number of rotatable bonds is 6. The van der Waals surface area contributed by atoms with E-state index in [9.17, 15) is 9.59 Å². The molecule has 3 aromatic carbocycles. The Kier molecular flexibility index (Phi) is 6.22. The summed E-state index contributed by atoms with van der Waals surface area (Å²) in [6.45, 7) is 0. The van der Waals surface area contributed by atoms with Crippen LogP contribution in [-0.4, -0.2) is 41.2 Å². The first kappa shape index (κ1) is 21.2. The average Bonchev–Trinajstić information content (AvgIpc) is 3.26. The third-order valence-electron chi connectivity index (χ3n) is 4.50. The minimum Gasteiger partial charge on any atom is -0.497 e. The van der Waals surface area contributed by atoms with Crippen molar-refractivity contribution in [2.75, 3.05) is 14.2 Å². The van der Waals surface area contributed by atoms with Gasteiger partial charge in [-0.1, -0.05) is 12.1 Å². The lowest BCUT2D eigenvalue weighted by Crippen LogP contribution is -2.36. The first-order valence-corrected chi connectivity index (χ1v) is 10.3. The lowest BCUT2D eigenvalue weighted by Gasteiger charge is -2.09. The number of nitrogens with one attached hydrogen (secondary N) is 2. The highest BCUT2D eigenvalue weighted by Crippen LogP contribution is 2.21. The zero-order valence-corrected chi connectivity index (χ0v) is 18.1. The van der Waals surface area contributed by atoms with Crippen molar-refractivity contribution in [1.82, 2.24) is 25.0 Å². The van der Waals surface area contributed by atoms with E-state index in [1.165, 1.54) is 11.9 Å². The standard InChI is InChI=1S/C22H19N5O4S/c1-30-15-9-7-14(8-10-15)27-24-18-12-11-16(13-19(18)25-27)32-26-22(29)23-21(28)17-5-3-4-6-20(17)31-2/h3-13H,1-2H3,(H2,23,26,28,29). The number of methoxy groups -OCH3 is 2. The second-order valence-electron chi connectivity index (χ2n) is 6.53. The molecule has 4 aromatic rings. The van der Waals surface area contributed by atoms with Crippen molar-refractivity contribution in [3.63, 3.8) is 0 Å². The molecule has 9 nitrogen and oxygen atoms in total. The number of hydrogen-bond donors (Lipinski definition) is 2. The van der Waals surface area contributed by atoms with Crippen LogP contribution in [0.4, 0.5) is 4.79 Å². The van der Waals surface area contributed by atoms with E-state index in [1.807, 2.05) is 36.4 Å². The highest BCUT2D eigenvalue weighted by atomic mass is 32.2. The van der Waals surface area contributed by atoms with Gasteiger partial charge in [0.05, 0.1) is 25.5 Å². The summed E-state index contributed by atoms with van der Waals surface area (Å²) in [6, 6.07) is 18.8. The molecule has 0 saturated heterocycles. The summed E-state index contributed by atoms with van der Waals surface area (Å²) in [5.74, 6) is 0.576. The smallest absolute Gasteiger partial charge is 0.331 e. The maximum Gasteiger partial charge on any atom is 0.331 e. The Morgan fingerprint density at radius 2 is 1.66 bits per heavy atom. The molecule has 162 valence electrons. The van der Waals surface area contributed by atoms with E-state index in [4.69, 9.17) is 9.47 Å². The van der Waals surface area contributed by atoms with E-state index >= 15 is 0 Å². The predicted molar refractivity (Wildman–Crippen MR) is 120 cm³/mol. The predicted octanol–water partition coefficient (Wildman–Crippen LogP) is 3.58. The molecule has 0 aliphatic rings. The number of aromatic nitrogens is 3. The number of fused-ring (bicyclic) bond motifs is 1. The number of hydrogen-bond acceptors (Lipinski definition) is 7. The fourth-order valence-electron chi connectivity index (χ4n) is 2.92. The zero-order valence-electron chi connectivity index (χ0n) is 17.2. The lowest BCUT2D eigenvalue weighted by atomic mass is 10.2. The van der Waals surface area contributed by atoms with Crippen LogP contribution in [0, 0.1) is 0 Å². The molecule has 0 radical (unpaired) electrons. The summed E-state index contributed by atoms with van der Waals surface area (Å²) in [7, 11) is 3.07. The molecular weight excluding hydrogens is 430 g/mol. The summed E-state index contributed by atoms with van der Waals surface area (Å²) in [5.41, 5.74) is 2.44. The molecule has 32 heavy (non-hydrogen) atoms. The molecule has 3 amide bonds. The molecule has 0 unspecified atom stereocenters. The number of nitrogens with zero attached hydrogens (tertiary/aromatic N) is 3. The molecule has 4 rings (SSSR count). The third-order valence-corrected chi connectivity index (χ3v) is 5.27. The molecule has 0 spiro atoms. The van der Waals surface area contributed by atoms with Gasteiger partial charge in [0.2, 0.25) is 0 Å². The van der Waals surface area contributed by atoms with E-state index in [0.29, 0.717) is 16.8 Å². The van der Waals surface area contributed by atoms with Gasteiger partial charge in [-0.25, -0.2) is 4.79 Å². The van der Waals surface area contributed by atoms with Crippen molar-refractivity contribution in [1.29, 1.82) is 0 Å². The second kappa shape index (κ2) is 9.40. The van der Waals surface area contributed by atoms with Crippen LogP contribution in [0.15, 0.2) is 71.6 Å². The normalized spacial score (nSPS) is 10.6. The monoisotopic (exact) mass is 449 g/mol. The van der Waals surface area contributed by atoms with Gasteiger partial charge in [-0.2, -0.15) is 4.80 Å². The average molecular weight is 449 g/mol. The Bertz CT molecular complexity index is 1270. The summed E-state index contributed by atoms with van der Waals surface area (Å²) >= 11 is 1.06. The quantitative estimate of drug-likeness (QED) is 0.433. The highest BCUT2D eigenvalue weighted by Gasteiger charge is 2.15. The number of para-hydroxylation sites is 1. The topological polar surface area (TPSA) is 107 Å². The minimum atomic E-state index is -0.645. The summed E-state index contributed by atoms with van der Waals surface area (Å²) in [6.07, 6.45) is 0. The Morgan fingerprint density at radius 3 is 2.41 bits per heavy atom. The fourth-order valence-corrected chi connectivity index (χ4v) is 3.49. The van der Waals surface area contributed by atoms with Gasteiger partial charge >= 0.3 is 6.03 Å². The van der Waals surface area contributed by atoms with Gasteiger partial charge in [0.15, 0.2) is 0 Å². The first-order chi connectivity index (χ1) is 15.6. The van der Waals surface area contributed by atoms with Crippen molar-refractivity contribution in [3.05, 3.63) is 72.3 Å². The highest BCUT2D eigenvalue weighted by molar-refractivity contribution is 7.98. The van der Waals surface area contributed by atoms with Gasteiger partial charge in [0, 0.05) is 4.90 Å².